The lowest BCUT2D eigenvalue weighted by Crippen LogP contribution is -2.41. The zero-order chi connectivity index (χ0) is 18.2. The summed E-state index contributed by atoms with van der Waals surface area (Å²) >= 11 is 0. The standard InChI is InChI=1S/C19H17F2NO3/c20-15-10-9-14(16(21)12-15)11-18(23)22-17(19(24)25)8-4-7-13-5-2-1-3-6-13/h1-7,9-10,12,17H,8,11H2,(H,22,23)(H,24,25)/b7-4+/t17-/m1/s1. The second kappa shape index (κ2) is 8.73. The van der Waals surface area contributed by atoms with Crippen LogP contribution in [-0.2, 0) is 16.0 Å². The molecule has 0 aliphatic rings. The topological polar surface area (TPSA) is 66.4 Å². The van der Waals surface area contributed by atoms with E-state index in [1.54, 1.807) is 12.2 Å². The molecule has 4 nitrogen and oxygen atoms in total. The number of carboxylic acids is 1. The van der Waals surface area contributed by atoms with Crippen molar-refractivity contribution < 1.29 is 23.5 Å². The van der Waals surface area contributed by atoms with Gasteiger partial charge in [0, 0.05) is 6.07 Å². The molecule has 0 fully saturated rings. The molecular formula is C19H17F2NO3. The Balaban J connectivity index is 1.95. The van der Waals surface area contributed by atoms with Crippen LogP contribution in [0.2, 0.25) is 0 Å². The number of hydrogen-bond acceptors (Lipinski definition) is 2. The van der Waals surface area contributed by atoms with E-state index in [2.05, 4.69) is 5.32 Å². The van der Waals surface area contributed by atoms with Crippen LogP contribution in [0.3, 0.4) is 0 Å². The third kappa shape index (κ3) is 5.84. The lowest BCUT2D eigenvalue weighted by molar-refractivity contribution is -0.141. The maximum atomic E-state index is 13.5. The van der Waals surface area contributed by atoms with Crippen LogP contribution in [0.5, 0.6) is 0 Å². The van der Waals surface area contributed by atoms with Gasteiger partial charge in [0.05, 0.1) is 6.42 Å². The Labute approximate surface area is 143 Å². The van der Waals surface area contributed by atoms with E-state index in [9.17, 15) is 23.5 Å². The van der Waals surface area contributed by atoms with Crippen molar-refractivity contribution in [3.05, 3.63) is 77.4 Å². The Morgan fingerprint density at radius 3 is 2.48 bits per heavy atom. The molecule has 0 aliphatic carbocycles. The molecule has 0 bridgehead atoms. The number of carbonyl (C=O) groups is 2. The van der Waals surface area contributed by atoms with Crippen LogP contribution < -0.4 is 5.32 Å². The van der Waals surface area contributed by atoms with Crippen molar-refractivity contribution in [3.8, 4) is 0 Å². The summed E-state index contributed by atoms with van der Waals surface area (Å²) in [7, 11) is 0. The van der Waals surface area contributed by atoms with Gasteiger partial charge in [-0.25, -0.2) is 13.6 Å². The number of rotatable bonds is 7. The second-order valence-corrected chi connectivity index (χ2v) is 5.42. The predicted molar refractivity (Wildman–Crippen MR) is 89.7 cm³/mol. The van der Waals surface area contributed by atoms with Crippen LogP contribution in [-0.4, -0.2) is 23.0 Å². The minimum atomic E-state index is -1.19. The molecule has 0 radical (unpaired) electrons. The first-order valence-corrected chi connectivity index (χ1v) is 7.63. The molecule has 130 valence electrons. The Bertz CT molecular complexity index is 775. The predicted octanol–water partition coefficient (Wildman–Crippen LogP) is 3.18. The SMILES string of the molecule is O=C(Cc1ccc(F)cc1F)N[C@H](C/C=C/c1ccccc1)C(=O)O. The number of amides is 1. The largest absolute Gasteiger partial charge is 0.480 e. The summed E-state index contributed by atoms with van der Waals surface area (Å²) in [6.07, 6.45) is 3.12. The van der Waals surface area contributed by atoms with E-state index in [0.29, 0.717) is 6.07 Å². The summed E-state index contributed by atoms with van der Waals surface area (Å²) in [4.78, 5) is 23.2. The summed E-state index contributed by atoms with van der Waals surface area (Å²) in [6.45, 7) is 0. The normalized spacial score (nSPS) is 12.1. The number of hydrogen-bond donors (Lipinski definition) is 2. The highest BCUT2D eigenvalue weighted by molar-refractivity contribution is 5.85. The van der Waals surface area contributed by atoms with E-state index >= 15 is 0 Å². The van der Waals surface area contributed by atoms with Gasteiger partial charge < -0.3 is 10.4 Å². The molecule has 0 saturated carbocycles. The number of carboxylic acid groups (broad SMARTS) is 1. The fourth-order valence-corrected chi connectivity index (χ4v) is 2.21. The minimum absolute atomic E-state index is 0.00265. The number of nitrogens with one attached hydrogen (secondary N) is 1. The van der Waals surface area contributed by atoms with Gasteiger partial charge >= 0.3 is 5.97 Å². The first kappa shape index (κ1) is 18.3. The Kier molecular flexibility index (Phi) is 6.39. The van der Waals surface area contributed by atoms with Crippen LogP contribution >= 0.6 is 0 Å². The van der Waals surface area contributed by atoms with Gasteiger partial charge in [-0.05, 0) is 23.6 Å². The molecule has 0 heterocycles. The summed E-state index contributed by atoms with van der Waals surface area (Å²) in [5, 5.41) is 11.5. The minimum Gasteiger partial charge on any atom is -0.480 e. The third-order valence-electron chi connectivity index (χ3n) is 3.48. The average molecular weight is 345 g/mol. The van der Waals surface area contributed by atoms with E-state index in [1.807, 2.05) is 30.3 Å². The summed E-state index contributed by atoms with van der Waals surface area (Å²) in [5.41, 5.74) is 0.911. The van der Waals surface area contributed by atoms with Crippen LogP contribution in [0.4, 0.5) is 8.78 Å². The molecule has 0 aliphatic heterocycles. The molecule has 25 heavy (non-hydrogen) atoms. The maximum absolute atomic E-state index is 13.5. The van der Waals surface area contributed by atoms with Gasteiger partial charge in [0.15, 0.2) is 0 Å². The van der Waals surface area contributed by atoms with Gasteiger partial charge in [-0.3, -0.25) is 4.79 Å². The zero-order valence-corrected chi connectivity index (χ0v) is 13.3. The number of benzene rings is 2. The van der Waals surface area contributed by atoms with Crippen LogP contribution in [0.15, 0.2) is 54.6 Å². The molecule has 0 unspecified atom stereocenters. The molecule has 2 N–H and O–H groups in total. The number of aliphatic carboxylic acids is 1. The van der Waals surface area contributed by atoms with E-state index < -0.39 is 29.6 Å². The van der Waals surface area contributed by atoms with Gasteiger partial charge in [-0.1, -0.05) is 48.6 Å². The lowest BCUT2D eigenvalue weighted by Gasteiger charge is -2.13. The highest BCUT2D eigenvalue weighted by Gasteiger charge is 2.19. The van der Waals surface area contributed by atoms with Crippen LogP contribution in [0.25, 0.3) is 6.08 Å². The fourth-order valence-electron chi connectivity index (χ4n) is 2.21. The van der Waals surface area contributed by atoms with E-state index in [-0.39, 0.29) is 18.4 Å². The fraction of sp³-hybridized carbons (Fsp3) is 0.158. The Morgan fingerprint density at radius 2 is 1.84 bits per heavy atom. The molecule has 0 spiro atoms. The number of carbonyl (C=O) groups excluding carboxylic acids is 1. The van der Waals surface area contributed by atoms with E-state index in [1.165, 1.54) is 0 Å². The van der Waals surface area contributed by atoms with Crippen molar-refractivity contribution in [3.63, 3.8) is 0 Å². The highest BCUT2D eigenvalue weighted by Crippen LogP contribution is 2.10. The smallest absolute Gasteiger partial charge is 0.326 e. The summed E-state index contributed by atoms with van der Waals surface area (Å²) < 4.78 is 26.4. The third-order valence-corrected chi connectivity index (χ3v) is 3.48. The van der Waals surface area contributed by atoms with Crippen molar-refractivity contribution in [2.45, 2.75) is 18.9 Å². The highest BCUT2D eigenvalue weighted by atomic mass is 19.1. The van der Waals surface area contributed by atoms with Crippen molar-refractivity contribution in [2.75, 3.05) is 0 Å². The molecule has 6 heteroatoms. The van der Waals surface area contributed by atoms with Gasteiger partial charge in [0.2, 0.25) is 5.91 Å². The first-order chi connectivity index (χ1) is 12.0. The van der Waals surface area contributed by atoms with Gasteiger partial charge in [-0.15, -0.1) is 0 Å². The number of halogens is 2. The second-order valence-electron chi connectivity index (χ2n) is 5.42. The molecule has 2 rings (SSSR count). The van der Waals surface area contributed by atoms with Crippen molar-refractivity contribution in [1.29, 1.82) is 0 Å². The van der Waals surface area contributed by atoms with Crippen molar-refractivity contribution in [1.82, 2.24) is 5.32 Å². The molecule has 0 aromatic heterocycles. The van der Waals surface area contributed by atoms with Crippen LogP contribution in [0.1, 0.15) is 17.5 Å². The average Bonchev–Trinajstić information content (AvgIpc) is 2.57. The van der Waals surface area contributed by atoms with E-state index in [0.717, 1.165) is 17.7 Å². The van der Waals surface area contributed by atoms with Crippen LogP contribution in [0, 0.1) is 11.6 Å². The van der Waals surface area contributed by atoms with E-state index in [4.69, 9.17) is 0 Å². The molecule has 1 atom stereocenters. The van der Waals surface area contributed by atoms with Crippen molar-refractivity contribution in [2.24, 2.45) is 0 Å². The molecular weight excluding hydrogens is 328 g/mol. The molecule has 2 aromatic rings. The quantitative estimate of drug-likeness (QED) is 0.810. The summed E-state index contributed by atoms with van der Waals surface area (Å²) in [5.74, 6) is -3.42. The van der Waals surface area contributed by atoms with Gasteiger partial charge in [0.1, 0.15) is 17.7 Å². The summed E-state index contributed by atoms with van der Waals surface area (Å²) in [6, 6.07) is 11.1. The van der Waals surface area contributed by atoms with Crippen molar-refractivity contribution >= 4 is 18.0 Å². The van der Waals surface area contributed by atoms with Gasteiger partial charge in [-0.2, -0.15) is 0 Å². The Morgan fingerprint density at radius 1 is 1.12 bits per heavy atom. The molecule has 1 amide bonds. The lowest BCUT2D eigenvalue weighted by atomic mass is 10.1. The monoisotopic (exact) mass is 345 g/mol. The molecule has 2 aromatic carbocycles. The first-order valence-electron chi connectivity index (χ1n) is 7.63. The zero-order valence-electron chi connectivity index (χ0n) is 13.3. The van der Waals surface area contributed by atoms with Gasteiger partial charge in [0.25, 0.3) is 0 Å². The molecule has 0 saturated heterocycles. The maximum Gasteiger partial charge on any atom is 0.326 e. The Hall–Kier alpha value is -3.02.